The van der Waals surface area contributed by atoms with Gasteiger partial charge in [0, 0.05) is 43.3 Å². The highest BCUT2D eigenvalue weighted by Gasteiger charge is 2.47. The fourth-order valence-corrected chi connectivity index (χ4v) is 4.67. The summed E-state index contributed by atoms with van der Waals surface area (Å²) in [6.45, 7) is 2.41. The van der Waals surface area contributed by atoms with Gasteiger partial charge in [0.05, 0.1) is 5.41 Å². The number of nitrogens with zero attached hydrogens (tertiary/aromatic N) is 1. The summed E-state index contributed by atoms with van der Waals surface area (Å²) in [5, 5.41) is 0.659. The SMILES string of the molecule is N[C@@H]1CN(C(=O)C2(c3cccc(Cl)c3)CCOCC2)C[C@H]1c1ccccc1. The van der Waals surface area contributed by atoms with E-state index in [0.717, 1.165) is 5.56 Å². The summed E-state index contributed by atoms with van der Waals surface area (Å²) in [5.74, 6) is 0.327. The minimum absolute atomic E-state index is 0.0485. The Morgan fingerprint density at radius 3 is 2.52 bits per heavy atom. The largest absolute Gasteiger partial charge is 0.381 e. The Hall–Kier alpha value is -1.88. The zero-order chi connectivity index (χ0) is 18.9. The first kappa shape index (κ1) is 18.5. The predicted octanol–water partition coefficient (Wildman–Crippen LogP) is 3.34. The van der Waals surface area contributed by atoms with Gasteiger partial charge in [-0.1, -0.05) is 54.1 Å². The average molecular weight is 385 g/mol. The number of hydrogen-bond donors (Lipinski definition) is 1. The van der Waals surface area contributed by atoms with E-state index in [1.54, 1.807) is 0 Å². The molecular formula is C22H25ClN2O2. The normalized spacial score (nSPS) is 24.7. The van der Waals surface area contributed by atoms with Crippen molar-refractivity contribution in [2.24, 2.45) is 5.73 Å². The Kier molecular flexibility index (Phi) is 5.22. The van der Waals surface area contributed by atoms with Gasteiger partial charge in [0.25, 0.3) is 0 Å². The molecule has 0 radical (unpaired) electrons. The molecule has 4 rings (SSSR count). The van der Waals surface area contributed by atoms with Crippen molar-refractivity contribution < 1.29 is 9.53 Å². The molecule has 2 aliphatic heterocycles. The molecule has 0 bridgehead atoms. The number of carbonyl (C=O) groups is 1. The summed E-state index contributed by atoms with van der Waals surface area (Å²) < 4.78 is 5.57. The molecular weight excluding hydrogens is 360 g/mol. The maximum Gasteiger partial charge on any atom is 0.233 e. The third-order valence-electron chi connectivity index (χ3n) is 6.01. The molecule has 2 fully saturated rings. The Balaban J connectivity index is 1.63. The van der Waals surface area contributed by atoms with Crippen LogP contribution in [0.15, 0.2) is 54.6 Å². The zero-order valence-electron chi connectivity index (χ0n) is 15.3. The molecule has 2 atom stereocenters. The second kappa shape index (κ2) is 7.63. The van der Waals surface area contributed by atoms with Crippen LogP contribution in [0.5, 0.6) is 0 Å². The van der Waals surface area contributed by atoms with Gasteiger partial charge in [0.15, 0.2) is 0 Å². The van der Waals surface area contributed by atoms with E-state index in [1.165, 1.54) is 5.56 Å². The average Bonchev–Trinajstić information content (AvgIpc) is 3.10. The lowest BCUT2D eigenvalue weighted by molar-refractivity contribution is -0.140. The molecule has 1 amide bonds. The summed E-state index contributed by atoms with van der Waals surface area (Å²) in [6, 6.07) is 17.9. The monoisotopic (exact) mass is 384 g/mol. The minimum Gasteiger partial charge on any atom is -0.381 e. The van der Waals surface area contributed by atoms with Gasteiger partial charge in [-0.25, -0.2) is 0 Å². The van der Waals surface area contributed by atoms with Crippen LogP contribution in [0.25, 0.3) is 0 Å². The van der Waals surface area contributed by atoms with E-state index in [0.29, 0.717) is 44.2 Å². The Labute approximate surface area is 165 Å². The molecule has 0 spiro atoms. The van der Waals surface area contributed by atoms with Gasteiger partial charge in [-0.05, 0) is 36.1 Å². The van der Waals surface area contributed by atoms with Gasteiger partial charge in [0.1, 0.15) is 0 Å². The van der Waals surface area contributed by atoms with Gasteiger partial charge < -0.3 is 15.4 Å². The molecule has 2 aliphatic rings. The number of rotatable bonds is 3. The van der Waals surface area contributed by atoms with Crippen LogP contribution >= 0.6 is 11.6 Å². The fraction of sp³-hybridized carbons (Fsp3) is 0.409. The lowest BCUT2D eigenvalue weighted by Crippen LogP contribution is -2.49. The predicted molar refractivity (Wildman–Crippen MR) is 107 cm³/mol. The number of hydrogen-bond acceptors (Lipinski definition) is 3. The van der Waals surface area contributed by atoms with E-state index >= 15 is 0 Å². The first-order valence-electron chi connectivity index (χ1n) is 9.54. The maximum atomic E-state index is 13.7. The number of ether oxygens (including phenoxy) is 1. The molecule has 0 aromatic heterocycles. The molecule has 27 heavy (non-hydrogen) atoms. The van der Waals surface area contributed by atoms with E-state index in [-0.39, 0.29) is 17.9 Å². The Morgan fingerprint density at radius 2 is 1.81 bits per heavy atom. The topological polar surface area (TPSA) is 55.6 Å². The molecule has 5 heteroatoms. The summed E-state index contributed by atoms with van der Waals surface area (Å²) in [7, 11) is 0. The van der Waals surface area contributed by atoms with Crippen LogP contribution in [0.3, 0.4) is 0 Å². The molecule has 142 valence electrons. The van der Waals surface area contributed by atoms with E-state index < -0.39 is 5.41 Å². The van der Waals surface area contributed by atoms with Crippen molar-refractivity contribution in [2.45, 2.75) is 30.2 Å². The molecule has 2 heterocycles. The number of nitrogens with two attached hydrogens (primary N) is 1. The van der Waals surface area contributed by atoms with Crippen molar-refractivity contribution in [3.8, 4) is 0 Å². The minimum atomic E-state index is -0.575. The Bertz CT molecular complexity index is 805. The molecule has 4 nitrogen and oxygen atoms in total. The van der Waals surface area contributed by atoms with Crippen molar-refractivity contribution in [3.05, 3.63) is 70.7 Å². The van der Waals surface area contributed by atoms with Gasteiger partial charge >= 0.3 is 0 Å². The summed E-state index contributed by atoms with van der Waals surface area (Å²) >= 11 is 6.24. The number of benzene rings is 2. The van der Waals surface area contributed by atoms with E-state index in [1.807, 2.05) is 47.4 Å². The van der Waals surface area contributed by atoms with Crippen molar-refractivity contribution >= 4 is 17.5 Å². The summed E-state index contributed by atoms with van der Waals surface area (Å²) in [5.41, 5.74) is 8.04. The summed E-state index contributed by atoms with van der Waals surface area (Å²) in [6.07, 6.45) is 1.35. The molecule has 2 N–H and O–H groups in total. The van der Waals surface area contributed by atoms with E-state index in [9.17, 15) is 4.79 Å². The molecule has 2 saturated heterocycles. The van der Waals surface area contributed by atoms with Gasteiger partial charge in [-0.3, -0.25) is 4.79 Å². The van der Waals surface area contributed by atoms with Crippen LogP contribution in [-0.2, 0) is 14.9 Å². The molecule has 2 aromatic carbocycles. The van der Waals surface area contributed by atoms with Crippen molar-refractivity contribution in [2.75, 3.05) is 26.3 Å². The number of likely N-dealkylation sites (tertiary alicyclic amines) is 1. The van der Waals surface area contributed by atoms with Crippen molar-refractivity contribution in [3.63, 3.8) is 0 Å². The van der Waals surface area contributed by atoms with Crippen molar-refractivity contribution in [1.29, 1.82) is 0 Å². The molecule has 0 saturated carbocycles. The second-order valence-electron chi connectivity index (χ2n) is 7.60. The van der Waals surface area contributed by atoms with Crippen LogP contribution in [0.2, 0.25) is 5.02 Å². The number of carbonyl (C=O) groups excluding carboxylic acids is 1. The second-order valence-corrected chi connectivity index (χ2v) is 8.03. The third kappa shape index (κ3) is 3.49. The van der Waals surface area contributed by atoms with Gasteiger partial charge in [0.2, 0.25) is 5.91 Å². The van der Waals surface area contributed by atoms with Crippen LogP contribution in [0.4, 0.5) is 0 Å². The molecule has 2 aromatic rings. The quantitative estimate of drug-likeness (QED) is 0.882. The van der Waals surface area contributed by atoms with E-state index in [2.05, 4.69) is 12.1 Å². The van der Waals surface area contributed by atoms with Crippen LogP contribution < -0.4 is 5.73 Å². The van der Waals surface area contributed by atoms with Crippen LogP contribution in [-0.4, -0.2) is 43.2 Å². The van der Waals surface area contributed by atoms with Crippen LogP contribution in [0.1, 0.15) is 29.9 Å². The smallest absolute Gasteiger partial charge is 0.233 e. The third-order valence-corrected chi connectivity index (χ3v) is 6.25. The van der Waals surface area contributed by atoms with Gasteiger partial charge in [-0.2, -0.15) is 0 Å². The highest BCUT2D eigenvalue weighted by molar-refractivity contribution is 6.30. The lowest BCUT2D eigenvalue weighted by atomic mass is 9.73. The standard InChI is InChI=1S/C22H25ClN2O2/c23-18-8-4-7-17(13-18)22(9-11-27-12-10-22)21(26)25-14-19(20(24)15-25)16-5-2-1-3-6-16/h1-8,13,19-20H,9-12,14-15,24H2/t19-,20+/m0/s1. The van der Waals surface area contributed by atoms with E-state index in [4.69, 9.17) is 22.1 Å². The number of amides is 1. The summed E-state index contributed by atoms with van der Waals surface area (Å²) in [4.78, 5) is 15.7. The van der Waals surface area contributed by atoms with Crippen LogP contribution in [0, 0.1) is 0 Å². The zero-order valence-corrected chi connectivity index (χ0v) is 16.1. The molecule has 0 aliphatic carbocycles. The first-order chi connectivity index (χ1) is 13.1. The maximum absolute atomic E-state index is 13.7. The van der Waals surface area contributed by atoms with Crippen molar-refractivity contribution in [1.82, 2.24) is 4.90 Å². The fourth-order valence-electron chi connectivity index (χ4n) is 4.48. The lowest BCUT2D eigenvalue weighted by Gasteiger charge is -2.39. The Morgan fingerprint density at radius 1 is 1.07 bits per heavy atom. The number of halogens is 1. The highest BCUT2D eigenvalue weighted by Crippen LogP contribution is 2.39. The first-order valence-corrected chi connectivity index (χ1v) is 9.92. The van der Waals surface area contributed by atoms with Gasteiger partial charge in [-0.15, -0.1) is 0 Å². The highest BCUT2D eigenvalue weighted by atomic mass is 35.5. The molecule has 0 unspecified atom stereocenters.